The minimum absolute atomic E-state index is 0.0285. The number of amides is 2. The third-order valence-electron chi connectivity index (χ3n) is 5.64. The van der Waals surface area contributed by atoms with Crippen LogP contribution in [0.15, 0.2) is 29.3 Å². The fourth-order valence-corrected chi connectivity index (χ4v) is 4.88. The van der Waals surface area contributed by atoms with Gasteiger partial charge in [-0.25, -0.2) is 9.37 Å². The maximum Gasteiger partial charge on any atom is 0.273 e. The number of thiazole rings is 1. The van der Waals surface area contributed by atoms with Crippen LogP contribution in [0.1, 0.15) is 32.3 Å². The zero-order valence-corrected chi connectivity index (χ0v) is 20.1. The highest BCUT2D eigenvalue weighted by Gasteiger charge is 2.28. The molecule has 1 unspecified atom stereocenters. The first kappa shape index (κ1) is 23.8. The molecule has 9 nitrogen and oxygen atoms in total. The van der Waals surface area contributed by atoms with Crippen molar-refractivity contribution >= 4 is 44.3 Å². The summed E-state index contributed by atoms with van der Waals surface area (Å²) in [5.41, 5.74) is 0.739. The lowest BCUT2D eigenvalue weighted by Gasteiger charge is -2.32. The lowest BCUT2D eigenvalue weighted by Crippen LogP contribution is -2.44. The number of hydrogen-bond donors (Lipinski definition) is 2. The second-order valence-corrected chi connectivity index (χ2v) is 9.76. The molecule has 1 atom stereocenters. The van der Waals surface area contributed by atoms with E-state index in [9.17, 15) is 18.8 Å². The van der Waals surface area contributed by atoms with Gasteiger partial charge in [-0.2, -0.15) is 4.98 Å². The summed E-state index contributed by atoms with van der Waals surface area (Å²) >= 11 is 1.21. The number of rotatable bonds is 6. The third kappa shape index (κ3) is 5.24. The topological polar surface area (TPSA) is 109 Å². The summed E-state index contributed by atoms with van der Waals surface area (Å²) in [6.07, 6.45) is 2.95. The fraction of sp³-hybridized carbons (Fsp3) is 0.435. The molecular formula is C23H27FN6O3S. The number of halogens is 1. The average Bonchev–Trinajstić information content (AvgIpc) is 3.23. The lowest BCUT2D eigenvalue weighted by atomic mass is 9.97. The molecule has 2 amide bonds. The van der Waals surface area contributed by atoms with E-state index in [-0.39, 0.29) is 30.0 Å². The number of nitrogens with zero attached hydrogens (tertiary/aromatic N) is 4. The van der Waals surface area contributed by atoms with Gasteiger partial charge in [-0.3, -0.25) is 19.0 Å². The van der Waals surface area contributed by atoms with E-state index in [1.807, 2.05) is 18.7 Å². The molecule has 180 valence electrons. The quantitative estimate of drug-likeness (QED) is 0.555. The summed E-state index contributed by atoms with van der Waals surface area (Å²) in [4.78, 5) is 48.6. The molecular weight excluding hydrogens is 459 g/mol. The summed E-state index contributed by atoms with van der Waals surface area (Å²) in [5.74, 6) is -0.994. The molecule has 0 aliphatic carbocycles. The van der Waals surface area contributed by atoms with E-state index in [0.717, 1.165) is 19.4 Å². The van der Waals surface area contributed by atoms with Gasteiger partial charge in [0.2, 0.25) is 11.8 Å². The van der Waals surface area contributed by atoms with E-state index in [2.05, 4.69) is 20.6 Å². The van der Waals surface area contributed by atoms with E-state index < -0.39 is 11.7 Å². The van der Waals surface area contributed by atoms with Gasteiger partial charge in [-0.05, 0) is 51.3 Å². The minimum Gasteiger partial charge on any atom is -0.354 e. The highest BCUT2D eigenvalue weighted by molar-refractivity contribution is 7.22. The van der Waals surface area contributed by atoms with Crippen molar-refractivity contribution in [1.29, 1.82) is 0 Å². The Morgan fingerprint density at radius 1 is 1.32 bits per heavy atom. The molecule has 34 heavy (non-hydrogen) atoms. The van der Waals surface area contributed by atoms with Crippen molar-refractivity contribution in [2.75, 3.05) is 23.3 Å². The van der Waals surface area contributed by atoms with Crippen molar-refractivity contribution in [3.63, 3.8) is 0 Å². The van der Waals surface area contributed by atoms with Crippen molar-refractivity contribution in [3.8, 4) is 0 Å². The second-order valence-electron chi connectivity index (χ2n) is 8.79. The Hall–Kier alpha value is -3.34. The fourth-order valence-electron chi connectivity index (χ4n) is 3.88. The molecule has 3 heterocycles. The first-order valence-electron chi connectivity index (χ1n) is 11.2. The number of aryl methyl sites for hydroxylation is 1. The highest BCUT2D eigenvalue weighted by Crippen LogP contribution is 2.29. The van der Waals surface area contributed by atoms with Crippen molar-refractivity contribution < 1.29 is 14.0 Å². The Morgan fingerprint density at radius 2 is 2.12 bits per heavy atom. The molecule has 0 saturated carbocycles. The zero-order chi connectivity index (χ0) is 24.4. The smallest absolute Gasteiger partial charge is 0.273 e. The molecule has 11 heteroatoms. The van der Waals surface area contributed by atoms with Crippen molar-refractivity contribution in [1.82, 2.24) is 19.9 Å². The van der Waals surface area contributed by atoms with Crippen molar-refractivity contribution in [2.24, 2.45) is 5.92 Å². The molecule has 2 N–H and O–H groups in total. The number of anilines is 2. The van der Waals surface area contributed by atoms with Gasteiger partial charge in [0, 0.05) is 24.8 Å². The molecule has 2 aromatic heterocycles. The van der Waals surface area contributed by atoms with Crippen molar-refractivity contribution in [2.45, 2.75) is 46.2 Å². The Balaban J connectivity index is 1.49. The zero-order valence-electron chi connectivity index (χ0n) is 19.3. The van der Waals surface area contributed by atoms with Crippen LogP contribution in [0.25, 0.3) is 10.3 Å². The summed E-state index contributed by atoms with van der Waals surface area (Å²) < 4.78 is 15.3. The summed E-state index contributed by atoms with van der Waals surface area (Å²) in [6.45, 7) is 6.52. The van der Waals surface area contributed by atoms with E-state index in [4.69, 9.17) is 0 Å². The first-order valence-corrected chi connectivity index (χ1v) is 12.0. The molecule has 1 aliphatic heterocycles. The molecule has 1 aliphatic rings. The molecule has 3 aromatic rings. The first-order chi connectivity index (χ1) is 16.2. The SMILES string of the molecule is Cc1ccc(NC(=O)Cn2cnc3nc(N4CCCC(C(=O)NC(C)C)C4)sc3c2=O)cc1F. The highest BCUT2D eigenvalue weighted by atomic mass is 32.1. The molecule has 0 radical (unpaired) electrons. The number of aromatic nitrogens is 3. The largest absolute Gasteiger partial charge is 0.354 e. The predicted octanol–water partition coefficient (Wildman–Crippen LogP) is 2.68. The van der Waals surface area contributed by atoms with Gasteiger partial charge in [0.25, 0.3) is 5.56 Å². The van der Waals surface area contributed by atoms with Gasteiger partial charge in [0.1, 0.15) is 23.4 Å². The normalized spacial score (nSPS) is 16.1. The molecule has 4 rings (SSSR count). The van der Waals surface area contributed by atoms with E-state index in [1.54, 1.807) is 19.1 Å². The van der Waals surface area contributed by atoms with Gasteiger partial charge >= 0.3 is 0 Å². The summed E-state index contributed by atoms with van der Waals surface area (Å²) in [6, 6.07) is 4.49. The van der Waals surface area contributed by atoms with E-state index >= 15 is 0 Å². The van der Waals surface area contributed by atoms with Crippen LogP contribution < -0.4 is 21.1 Å². The number of nitrogens with one attached hydrogen (secondary N) is 2. The van der Waals surface area contributed by atoms with Crippen LogP contribution in [0, 0.1) is 18.7 Å². The van der Waals surface area contributed by atoms with Crippen LogP contribution in [-0.4, -0.2) is 45.5 Å². The Labute approximate surface area is 200 Å². The van der Waals surface area contributed by atoms with Gasteiger partial charge in [0.15, 0.2) is 10.8 Å². The van der Waals surface area contributed by atoms with Crippen LogP contribution in [0.3, 0.4) is 0 Å². The van der Waals surface area contributed by atoms with Crippen LogP contribution in [0.2, 0.25) is 0 Å². The summed E-state index contributed by atoms with van der Waals surface area (Å²) in [5, 5.41) is 6.19. The van der Waals surface area contributed by atoms with Crippen LogP contribution in [-0.2, 0) is 16.1 Å². The van der Waals surface area contributed by atoms with Gasteiger partial charge in [-0.15, -0.1) is 0 Å². The number of piperidine rings is 1. The second kappa shape index (κ2) is 9.88. The van der Waals surface area contributed by atoms with Gasteiger partial charge in [-0.1, -0.05) is 17.4 Å². The number of carbonyl (C=O) groups is 2. The third-order valence-corrected chi connectivity index (χ3v) is 6.73. The van der Waals surface area contributed by atoms with E-state index in [1.165, 1.54) is 28.3 Å². The molecule has 1 fully saturated rings. The molecule has 1 saturated heterocycles. The van der Waals surface area contributed by atoms with E-state index in [0.29, 0.717) is 33.3 Å². The van der Waals surface area contributed by atoms with Crippen molar-refractivity contribution in [3.05, 3.63) is 46.3 Å². The maximum absolute atomic E-state index is 13.7. The average molecular weight is 487 g/mol. The number of fused-ring (bicyclic) bond motifs is 1. The van der Waals surface area contributed by atoms with Crippen LogP contribution >= 0.6 is 11.3 Å². The lowest BCUT2D eigenvalue weighted by molar-refractivity contribution is -0.125. The Morgan fingerprint density at radius 3 is 2.85 bits per heavy atom. The number of carbonyl (C=O) groups excluding carboxylic acids is 2. The maximum atomic E-state index is 13.7. The molecule has 1 aromatic carbocycles. The van der Waals surface area contributed by atoms with Gasteiger partial charge < -0.3 is 15.5 Å². The summed E-state index contributed by atoms with van der Waals surface area (Å²) in [7, 11) is 0. The predicted molar refractivity (Wildman–Crippen MR) is 130 cm³/mol. The van der Waals surface area contributed by atoms with Crippen LogP contribution in [0.5, 0.6) is 0 Å². The Bertz CT molecular complexity index is 1290. The Kier molecular flexibility index (Phi) is 6.92. The monoisotopic (exact) mass is 486 g/mol. The number of benzene rings is 1. The standard InChI is InChI=1S/C23H27FN6O3S/c1-13(2)26-21(32)15-5-4-8-29(10-15)23-28-20-19(34-23)22(33)30(12-25-20)11-18(31)27-16-7-6-14(3)17(24)9-16/h6-7,9,12-13,15H,4-5,8,10-11H2,1-3H3,(H,26,32)(H,27,31). The minimum atomic E-state index is -0.466. The van der Waals surface area contributed by atoms with Crippen LogP contribution in [0.4, 0.5) is 15.2 Å². The van der Waals surface area contributed by atoms with Gasteiger partial charge in [0.05, 0.1) is 5.92 Å². The number of hydrogen-bond acceptors (Lipinski definition) is 7. The molecule has 0 bridgehead atoms. The molecule has 0 spiro atoms.